The topological polar surface area (TPSA) is 66.4 Å². The first kappa shape index (κ1) is 12.3. The summed E-state index contributed by atoms with van der Waals surface area (Å²) in [7, 11) is 0. The zero-order chi connectivity index (χ0) is 10.3. The third kappa shape index (κ3) is 6.45. The van der Waals surface area contributed by atoms with E-state index in [1.807, 2.05) is 6.92 Å². The van der Waals surface area contributed by atoms with Crippen molar-refractivity contribution in [3.63, 3.8) is 0 Å². The van der Waals surface area contributed by atoms with Crippen molar-refractivity contribution in [3.8, 4) is 0 Å². The van der Waals surface area contributed by atoms with E-state index < -0.39 is 12.0 Å². The molecule has 0 aliphatic carbocycles. The molecule has 2 N–H and O–H groups in total. The lowest BCUT2D eigenvalue weighted by molar-refractivity contribution is -0.140. The van der Waals surface area contributed by atoms with Crippen molar-refractivity contribution in [3.05, 3.63) is 0 Å². The molecule has 76 valence electrons. The SMILES string of the molecule is CCCSC[C@H](NC(C)=O)C(=O)O. The van der Waals surface area contributed by atoms with Crippen LogP contribution in [-0.4, -0.2) is 34.5 Å². The number of hydrogen-bond donors (Lipinski definition) is 2. The molecular weight excluding hydrogens is 190 g/mol. The van der Waals surface area contributed by atoms with Crippen LogP contribution in [0.3, 0.4) is 0 Å². The van der Waals surface area contributed by atoms with Crippen molar-refractivity contribution in [1.29, 1.82) is 0 Å². The van der Waals surface area contributed by atoms with Crippen LogP contribution in [0, 0.1) is 0 Å². The van der Waals surface area contributed by atoms with Crippen LogP contribution < -0.4 is 5.32 Å². The Kier molecular flexibility index (Phi) is 6.40. The Labute approximate surface area is 82.1 Å². The highest BCUT2D eigenvalue weighted by Gasteiger charge is 2.17. The number of carboxylic acids is 1. The second-order valence-electron chi connectivity index (χ2n) is 2.67. The first-order chi connectivity index (χ1) is 6.07. The highest BCUT2D eigenvalue weighted by Crippen LogP contribution is 2.04. The third-order valence-electron chi connectivity index (χ3n) is 1.31. The third-order valence-corrected chi connectivity index (χ3v) is 2.57. The maximum absolute atomic E-state index is 10.6. The van der Waals surface area contributed by atoms with E-state index in [1.165, 1.54) is 18.7 Å². The summed E-state index contributed by atoms with van der Waals surface area (Å²) in [6.45, 7) is 3.35. The highest BCUT2D eigenvalue weighted by atomic mass is 32.2. The summed E-state index contributed by atoms with van der Waals surface area (Å²) in [4.78, 5) is 21.2. The molecule has 0 rings (SSSR count). The maximum atomic E-state index is 10.6. The van der Waals surface area contributed by atoms with Crippen LogP contribution in [0.5, 0.6) is 0 Å². The summed E-state index contributed by atoms with van der Waals surface area (Å²) in [6, 6.07) is -0.756. The van der Waals surface area contributed by atoms with E-state index in [0.29, 0.717) is 5.75 Å². The minimum atomic E-state index is -0.973. The van der Waals surface area contributed by atoms with Crippen LogP contribution in [0.4, 0.5) is 0 Å². The zero-order valence-electron chi connectivity index (χ0n) is 7.87. The van der Waals surface area contributed by atoms with E-state index in [9.17, 15) is 9.59 Å². The molecule has 0 radical (unpaired) electrons. The lowest BCUT2D eigenvalue weighted by Gasteiger charge is -2.11. The Balaban J connectivity index is 3.81. The second-order valence-corrected chi connectivity index (χ2v) is 3.82. The molecule has 5 heteroatoms. The van der Waals surface area contributed by atoms with Gasteiger partial charge in [-0.3, -0.25) is 4.79 Å². The average molecular weight is 205 g/mol. The summed E-state index contributed by atoms with van der Waals surface area (Å²) in [5, 5.41) is 11.1. The molecule has 0 heterocycles. The molecule has 1 amide bonds. The summed E-state index contributed by atoms with van der Waals surface area (Å²) in [5.41, 5.74) is 0. The Morgan fingerprint density at radius 2 is 2.15 bits per heavy atom. The quantitative estimate of drug-likeness (QED) is 0.627. The number of aliphatic carboxylic acids is 1. The van der Waals surface area contributed by atoms with Gasteiger partial charge in [-0.05, 0) is 12.2 Å². The summed E-state index contributed by atoms with van der Waals surface area (Å²) >= 11 is 1.54. The number of amides is 1. The van der Waals surface area contributed by atoms with Gasteiger partial charge in [-0.25, -0.2) is 4.79 Å². The van der Waals surface area contributed by atoms with E-state index in [0.717, 1.165) is 12.2 Å². The number of rotatable bonds is 6. The number of thioether (sulfide) groups is 1. The monoisotopic (exact) mass is 205 g/mol. The number of nitrogens with one attached hydrogen (secondary N) is 1. The van der Waals surface area contributed by atoms with Gasteiger partial charge in [-0.2, -0.15) is 11.8 Å². The van der Waals surface area contributed by atoms with Gasteiger partial charge >= 0.3 is 5.97 Å². The number of carbonyl (C=O) groups excluding carboxylic acids is 1. The van der Waals surface area contributed by atoms with Gasteiger partial charge in [0, 0.05) is 12.7 Å². The molecule has 0 spiro atoms. The summed E-state index contributed by atoms with van der Waals surface area (Å²) < 4.78 is 0. The number of carbonyl (C=O) groups is 2. The Bertz CT molecular complexity index is 184. The Morgan fingerprint density at radius 1 is 1.54 bits per heavy atom. The predicted molar refractivity (Wildman–Crippen MR) is 52.9 cm³/mol. The normalized spacial score (nSPS) is 12.2. The Morgan fingerprint density at radius 3 is 2.54 bits per heavy atom. The molecule has 1 atom stereocenters. The lowest BCUT2D eigenvalue weighted by atomic mass is 10.3. The molecule has 0 aliphatic heterocycles. The molecule has 0 saturated heterocycles. The van der Waals surface area contributed by atoms with E-state index in [2.05, 4.69) is 5.32 Å². The molecule has 0 aromatic heterocycles. The van der Waals surface area contributed by atoms with Crippen molar-refractivity contribution in [2.45, 2.75) is 26.3 Å². The highest BCUT2D eigenvalue weighted by molar-refractivity contribution is 7.99. The lowest BCUT2D eigenvalue weighted by Crippen LogP contribution is -2.41. The van der Waals surface area contributed by atoms with Gasteiger partial charge in [0.05, 0.1) is 0 Å². The largest absolute Gasteiger partial charge is 0.480 e. The smallest absolute Gasteiger partial charge is 0.327 e. The van der Waals surface area contributed by atoms with Crippen LogP contribution in [0.1, 0.15) is 20.3 Å². The minimum absolute atomic E-state index is 0.301. The Hall–Kier alpha value is -0.710. The van der Waals surface area contributed by atoms with Crippen LogP contribution in [0.25, 0.3) is 0 Å². The van der Waals surface area contributed by atoms with Crippen molar-refractivity contribution in [1.82, 2.24) is 5.32 Å². The van der Waals surface area contributed by atoms with E-state index >= 15 is 0 Å². The molecule has 0 saturated carbocycles. The van der Waals surface area contributed by atoms with E-state index in [-0.39, 0.29) is 5.91 Å². The van der Waals surface area contributed by atoms with Gasteiger partial charge < -0.3 is 10.4 Å². The second kappa shape index (κ2) is 6.77. The predicted octanol–water partition coefficient (Wildman–Crippen LogP) is 0.719. The van der Waals surface area contributed by atoms with E-state index in [1.54, 1.807) is 0 Å². The van der Waals surface area contributed by atoms with Gasteiger partial charge in [-0.1, -0.05) is 6.92 Å². The summed E-state index contributed by atoms with van der Waals surface area (Å²) in [5.74, 6) is 0.0786. The fourth-order valence-corrected chi connectivity index (χ4v) is 1.68. The molecule has 0 aliphatic rings. The van der Waals surface area contributed by atoms with Crippen LogP contribution in [0.15, 0.2) is 0 Å². The van der Waals surface area contributed by atoms with Gasteiger partial charge in [-0.15, -0.1) is 0 Å². The van der Waals surface area contributed by atoms with E-state index in [4.69, 9.17) is 5.11 Å². The number of hydrogen-bond acceptors (Lipinski definition) is 3. The van der Waals surface area contributed by atoms with Gasteiger partial charge in [0.15, 0.2) is 0 Å². The maximum Gasteiger partial charge on any atom is 0.327 e. The van der Waals surface area contributed by atoms with Gasteiger partial charge in [0.25, 0.3) is 0 Å². The standard InChI is InChI=1S/C8H15NO3S/c1-3-4-13-5-7(8(11)12)9-6(2)10/h7H,3-5H2,1-2H3,(H,9,10)(H,11,12)/t7-/m0/s1. The van der Waals surface area contributed by atoms with Crippen molar-refractivity contribution in [2.24, 2.45) is 0 Å². The molecule has 0 fully saturated rings. The number of carboxylic acid groups (broad SMARTS) is 1. The molecule has 13 heavy (non-hydrogen) atoms. The fourth-order valence-electron chi connectivity index (χ4n) is 0.766. The van der Waals surface area contributed by atoms with Crippen molar-refractivity contribution in [2.75, 3.05) is 11.5 Å². The van der Waals surface area contributed by atoms with Gasteiger partial charge in [0.2, 0.25) is 5.91 Å². The molecule has 4 nitrogen and oxygen atoms in total. The van der Waals surface area contributed by atoms with Gasteiger partial charge in [0.1, 0.15) is 6.04 Å². The molecule has 0 aromatic rings. The molecule has 0 bridgehead atoms. The van der Waals surface area contributed by atoms with Crippen LogP contribution >= 0.6 is 11.8 Å². The molecule has 0 unspecified atom stereocenters. The van der Waals surface area contributed by atoms with Crippen molar-refractivity contribution >= 4 is 23.6 Å². The fraction of sp³-hybridized carbons (Fsp3) is 0.750. The van der Waals surface area contributed by atoms with Crippen LogP contribution in [0.2, 0.25) is 0 Å². The van der Waals surface area contributed by atoms with Crippen LogP contribution in [-0.2, 0) is 9.59 Å². The minimum Gasteiger partial charge on any atom is -0.480 e. The molecule has 0 aromatic carbocycles. The van der Waals surface area contributed by atoms with Crippen molar-refractivity contribution < 1.29 is 14.7 Å². The first-order valence-electron chi connectivity index (χ1n) is 4.15. The summed E-state index contributed by atoms with van der Waals surface area (Å²) in [6.07, 6.45) is 1.01. The molecular formula is C8H15NO3S. The zero-order valence-corrected chi connectivity index (χ0v) is 8.69. The average Bonchev–Trinajstić information content (AvgIpc) is 2.02. The first-order valence-corrected chi connectivity index (χ1v) is 5.31.